The molecule has 0 aliphatic carbocycles. The zero-order valence-corrected chi connectivity index (χ0v) is 17.9. The number of nitrogens with zero attached hydrogens (tertiary/aromatic N) is 3. The summed E-state index contributed by atoms with van der Waals surface area (Å²) in [5.41, 5.74) is 1.79. The molecule has 33 heavy (non-hydrogen) atoms. The fourth-order valence-electron chi connectivity index (χ4n) is 4.23. The van der Waals surface area contributed by atoms with Crippen molar-refractivity contribution in [3.63, 3.8) is 0 Å². The summed E-state index contributed by atoms with van der Waals surface area (Å²) in [6, 6.07) is 12.1. The number of likely N-dealkylation sites (tertiary alicyclic amines) is 2. The Balaban J connectivity index is 0.000000383. The van der Waals surface area contributed by atoms with Gasteiger partial charge in [-0.1, -0.05) is 12.1 Å². The first-order valence-corrected chi connectivity index (χ1v) is 10.6. The van der Waals surface area contributed by atoms with Gasteiger partial charge in [0.15, 0.2) is 0 Å². The summed E-state index contributed by atoms with van der Waals surface area (Å²) in [5.74, 6) is -3.16. The molecule has 0 bridgehead atoms. The summed E-state index contributed by atoms with van der Waals surface area (Å²) in [4.78, 5) is 30.3. The molecule has 1 amide bonds. The molecule has 1 spiro atoms. The predicted molar refractivity (Wildman–Crippen MR) is 112 cm³/mol. The number of alkyl halides is 3. The third-order valence-corrected chi connectivity index (χ3v) is 6.07. The van der Waals surface area contributed by atoms with Crippen molar-refractivity contribution >= 4 is 11.9 Å². The third kappa shape index (κ3) is 6.74. The van der Waals surface area contributed by atoms with Crippen LogP contribution in [-0.4, -0.2) is 64.1 Å². The SMILES string of the molecule is O=C(O)C(F)(F)F.O=C(c1cccc(F)c1)N1CCC2(CCN(Cc3ccccn3)CC2)C1. The molecule has 1 aromatic heterocycles. The number of carboxylic acids is 1. The van der Waals surface area contributed by atoms with Crippen molar-refractivity contribution in [1.29, 1.82) is 0 Å². The van der Waals surface area contributed by atoms with E-state index >= 15 is 0 Å². The average Bonchev–Trinajstić information content (AvgIpc) is 3.19. The molecular weight excluding hydrogens is 442 g/mol. The fourth-order valence-corrected chi connectivity index (χ4v) is 4.23. The largest absolute Gasteiger partial charge is 0.490 e. The third-order valence-electron chi connectivity index (χ3n) is 6.07. The van der Waals surface area contributed by atoms with E-state index in [4.69, 9.17) is 9.90 Å². The van der Waals surface area contributed by atoms with Crippen molar-refractivity contribution in [3.8, 4) is 0 Å². The van der Waals surface area contributed by atoms with E-state index in [1.54, 1.807) is 12.1 Å². The van der Waals surface area contributed by atoms with Gasteiger partial charge in [0.2, 0.25) is 0 Å². The Morgan fingerprint density at radius 3 is 2.27 bits per heavy atom. The minimum absolute atomic E-state index is 0.0442. The first-order valence-electron chi connectivity index (χ1n) is 10.6. The Morgan fingerprint density at radius 1 is 1.03 bits per heavy atom. The molecule has 0 radical (unpaired) electrons. The normalized spacial score (nSPS) is 18.0. The number of carboxylic acid groups (broad SMARTS) is 1. The maximum absolute atomic E-state index is 13.4. The predicted octanol–water partition coefficient (Wildman–Crippen LogP) is 3.98. The van der Waals surface area contributed by atoms with Gasteiger partial charge in [-0.2, -0.15) is 13.2 Å². The van der Waals surface area contributed by atoms with Crippen LogP contribution >= 0.6 is 0 Å². The quantitative estimate of drug-likeness (QED) is 0.692. The molecule has 2 aliphatic heterocycles. The molecule has 1 aromatic carbocycles. The van der Waals surface area contributed by atoms with Crippen molar-refractivity contribution in [2.75, 3.05) is 26.2 Å². The first kappa shape index (κ1) is 24.6. The lowest BCUT2D eigenvalue weighted by Crippen LogP contribution is -2.42. The van der Waals surface area contributed by atoms with Crippen LogP contribution in [0.1, 0.15) is 35.3 Å². The van der Waals surface area contributed by atoms with Gasteiger partial charge in [0.1, 0.15) is 5.82 Å². The molecule has 2 aromatic rings. The lowest BCUT2D eigenvalue weighted by atomic mass is 9.78. The van der Waals surface area contributed by atoms with Crippen molar-refractivity contribution < 1.29 is 32.3 Å². The molecule has 0 atom stereocenters. The molecule has 6 nitrogen and oxygen atoms in total. The fraction of sp³-hybridized carbons (Fsp3) is 0.435. The highest BCUT2D eigenvalue weighted by Gasteiger charge is 2.42. The van der Waals surface area contributed by atoms with Gasteiger partial charge in [0.25, 0.3) is 5.91 Å². The Morgan fingerprint density at radius 2 is 1.70 bits per heavy atom. The van der Waals surface area contributed by atoms with Gasteiger partial charge in [-0.05, 0) is 68.1 Å². The number of carbonyl (C=O) groups is 2. The van der Waals surface area contributed by atoms with Gasteiger partial charge >= 0.3 is 12.1 Å². The summed E-state index contributed by atoms with van der Waals surface area (Å²) >= 11 is 0. The van der Waals surface area contributed by atoms with E-state index in [0.717, 1.165) is 57.7 Å². The van der Waals surface area contributed by atoms with Crippen LogP contribution in [0.3, 0.4) is 0 Å². The molecule has 178 valence electrons. The standard InChI is InChI=1S/C21H24FN3O.C2HF3O2/c22-18-5-3-4-17(14-18)20(26)25-13-9-21(16-25)7-11-24(12-8-21)15-19-6-1-2-10-23-19;3-2(4,5)1(6)7/h1-6,10,14H,7-9,11-13,15-16H2;(H,6,7). The van der Waals surface area contributed by atoms with Gasteiger partial charge in [-0.15, -0.1) is 0 Å². The highest BCUT2D eigenvalue weighted by Crippen LogP contribution is 2.41. The highest BCUT2D eigenvalue weighted by molar-refractivity contribution is 5.94. The van der Waals surface area contributed by atoms with E-state index in [1.807, 2.05) is 23.2 Å². The van der Waals surface area contributed by atoms with Gasteiger partial charge in [0.05, 0.1) is 5.69 Å². The van der Waals surface area contributed by atoms with E-state index in [1.165, 1.54) is 12.1 Å². The van der Waals surface area contributed by atoms with Crippen LogP contribution in [-0.2, 0) is 11.3 Å². The van der Waals surface area contributed by atoms with E-state index in [0.29, 0.717) is 5.56 Å². The van der Waals surface area contributed by atoms with Crippen molar-refractivity contribution in [2.24, 2.45) is 5.41 Å². The lowest BCUT2D eigenvalue weighted by molar-refractivity contribution is -0.192. The highest BCUT2D eigenvalue weighted by atomic mass is 19.4. The molecular formula is C23H25F4N3O3. The van der Waals surface area contributed by atoms with Gasteiger partial charge in [0, 0.05) is 31.4 Å². The van der Waals surface area contributed by atoms with Crippen LogP contribution in [0.15, 0.2) is 48.7 Å². The number of hydrogen-bond donors (Lipinski definition) is 1. The molecule has 0 saturated carbocycles. The molecule has 2 aliphatic rings. The van der Waals surface area contributed by atoms with E-state index in [2.05, 4.69) is 16.0 Å². The zero-order chi connectivity index (χ0) is 24.1. The zero-order valence-electron chi connectivity index (χ0n) is 17.9. The Kier molecular flexibility index (Phi) is 7.68. The van der Waals surface area contributed by atoms with Gasteiger partial charge < -0.3 is 10.0 Å². The molecule has 0 unspecified atom stereocenters. The number of piperidine rings is 1. The number of amides is 1. The van der Waals surface area contributed by atoms with Crippen LogP contribution in [0.2, 0.25) is 0 Å². The van der Waals surface area contributed by atoms with Crippen LogP contribution in [0.4, 0.5) is 17.6 Å². The molecule has 2 saturated heterocycles. The molecule has 2 fully saturated rings. The second-order valence-electron chi connectivity index (χ2n) is 8.39. The minimum atomic E-state index is -5.08. The van der Waals surface area contributed by atoms with Crippen molar-refractivity contribution in [3.05, 3.63) is 65.7 Å². The van der Waals surface area contributed by atoms with Crippen LogP contribution in [0, 0.1) is 11.2 Å². The van der Waals surface area contributed by atoms with Gasteiger partial charge in [-0.3, -0.25) is 14.7 Å². The Bertz CT molecular complexity index is 961. The minimum Gasteiger partial charge on any atom is -0.475 e. The van der Waals surface area contributed by atoms with Crippen LogP contribution in [0.5, 0.6) is 0 Å². The Hall–Kier alpha value is -3.01. The summed E-state index contributed by atoms with van der Waals surface area (Å²) in [5, 5.41) is 7.12. The molecule has 10 heteroatoms. The van der Waals surface area contributed by atoms with E-state index in [9.17, 15) is 22.4 Å². The summed E-state index contributed by atoms with van der Waals surface area (Å²) in [6.45, 7) is 4.54. The topological polar surface area (TPSA) is 73.7 Å². The molecule has 1 N–H and O–H groups in total. The maximum atomic E-state index is 13.4. The second kappa shape index (κ2) is 10.3. The number of carbonyl (C=O) groups excluding carboxylic acids is 1. The number of benzene rings is 1. The van der Waals surface area contributed by atoms with Crippen LogP contribution in [0.25, 0.3) is 0 Å². The summed E-state index contributed by atoms with van der Waals surface area (Å²) in [7, 11) is 0. The second-order valence-corrected chi connectivity index (χ2v) is 8.39. The van der Waals surface area contributed by atoms with Crippen molar-refractivity contribution in [1.82, 2.24) is 14.8 Å². The van der Waals surface area contributed by atoms with E-state index in [-0.39, 0.29) is 17.1 Å². The number of pyridine rings is 1. The summed E-state index contributed by atoms with van der Waals surface area (Å²) < 4.78 is 45.1. The number of hydrogen-bond acceptors (Lipinski definition) is 4. The number of rotatable bonds is 3. The van der Waals surface area contributed by atoms with E-state index < -0.39 is 12.1 Å². The smallest absolute Gasteiger partial charge is 0.475 e. The van der Waals surface area contributed by atoms with Crippen molar-refractivity contribution in [2.45, 2.75) is 32.0 Å². The number of halogens is 4. The maximum Gasteiger partial charge on any atom is 0.490 e. The monoisotopic (exact) mass is 467 g/mol. The number of aliphatic carboxylic acids is 1. The van der Waals surface area contributed by atoms with Crippen LogP contribution < -0.4 is 0 Å². The Labute approximate surface area is 188 Å². The number of aromatic nitrogens is 1. The molecule has 4 rings (SSSR count). The average molecular weight is 467 g/mol. The van der Waals surface area contributed by atoms with Gasteiger partial charge in [-0.25, -0.2) is 9.18 Å². The first-order chi connectivity index (χ1) is 15.6. The summed E-state index contributed by atoms with van der Waals surface area (Å²) in [6.07, 6.45) is 0.0126. The molecule has 3 heterocycles. The lowest BCUT2D eigenvalue weighted by Gasteiger charge is -2.39.